The molecule has 0 spiro atoms. The average molecular weight is 426 g/mol. The minimum Gasteiger partial charge on any atom is -0.380 e. The summed E-state index contributed by atoms with van der Waals surface area (Å²) in [6.45, 7) is 7.26. The SMILES string of the molecule is CCN(CC)c1ccc2c(c1)Sc1cc(NCc3ccccc3)c3ccccc3c1N2. The van der Waals surface area contributed by atoms with Crippen LogP contribution in [0.25, 0.3) is 10.8 Å². The third-order valence-corrected chi connectivity index (χ3v) is 7.01. The first-order valence-corrected chi connectivity index (χ1v) is 11.8. The molecule has 0 saturated carbocycles. The van der Waals surface area contributed by atoms with Gasteiger partial charge in [-0.3, -0.25) is 0 Å². The predicted molar refractivity (Wildman–Crippen MR) is 135 cm³/mol. The molecule has 1 aliphatic heterocycles. The largest absolute Gasteiger partial charge is 0.380 e. The molecule has 1 heterocycles. The molecule has 4 heteroatoms. The van der Waals surface area contributed by atoms with Gasteiger partial charge in [-0.25, -0.2) is 0 Å². The van der Waals surface area contributed by atoms with Gasteiger partial charge < -0.3 is 15.5 Å². The standard InChI is InChI=1S/C27H27N3S/c1-3-30(4-2)20-14-15-23-25(16-20)31-26-17-24(28-18-19-10-6-5-7-11-19)21-12-8-9-13-22(21)27(26)29-23/h5-17,28-29H,3-4,18H2,1-2H3. The summed E-state index contributed by atoms with van der Waals surface area (Å²) in [5, 5.41) is 9.89. The molecule has 1 aliphatic rings. The molecule has 0 atom stereocenters. The number of rotatable bonds is 6. The maximum Gasteiger partial charge on any atom is 0.0607 e. The van der Waals surface area contributed by atoms with E-state index < -0.39 is 0 Å². The van der Waals surface area contributed by atoms with Crippen molar-refractivity contribution in [3.63, 3.8) is 0 Å². The molecule has 0 bridgehead atoms. The Kier molecular flexibility index (Phi) is 5.47. The molecule has 5 rings (SSSR count). The molecule has 4 aromatic rings. The van der Waals surface area contributed by atoms with Gasteiger partial charge in [-0.2, -0.15) is 0 Å². The van der Waals surface area contributed by atoms with Crippen molar-refractivity contribution >= 4 is 45.3 Å². The smallest absolute Gasteiger partial charge is 0.0607 e. The number of hydrogen-bond acceptors (Lipinski definition) is 4. The highest BCUT2D eigenvalue weighted by Crippen LogP contribution is 2.49. The normalized spacial score (nSPS) is 12.1. The Morgan fingerprint density at radius 2 is 1.55 bits per heavy atom. The average Bonchev–Trinajstić information content (AvgIpc) is 2.83. The lowest BCUT2D eigenvalue weighted by molar-refractivity contribution is 0.864. The summed E-state index contributed by atoms with van der Waals surface area (Å²) in [7, 11) is 0. The van der Waals surface area contributed by atoms with Crippen molar-refractivity contribution in [1.29, 1.82) is 0 Å². The zero-order valence-corrected chi connectivity index (χ0v) is 18.8. The van der Waals surface area contributed by atoms with Gasteiger partial charge in [-0.15, -0.1) is 0 Å². The van der Waals surface area contributed by atoms with Gasteiger partial charge >= 0.3 is 0 Å². The van der Waals surface area contributed by atoms with Crippen LogP contribution >= 0.6 is 11.8 Å². The van der Waals surface area contributed by atoms with Crippen LogP contribution in [0.15, 0.2) is 88.7 Å². The summed E-state index contributed by atoms with van der Waals surface area (Å²) in [4.78, 5) is 4.93. The van der Waals surface area contributed by atoms with Crippen molar-refractivity contribution in [2.75, 3.05) is 28.6 Å². The van der Waals surface area contributed by atoms with Gasteiger partial charge in [0.2, 0.25) is 0 Å². The lowest BCUT2D eigenvalue weighted by Crippen LogP contribution is -2.21. The van der Waals surface area contributed by atoms with Crippen molar-refractivity contribution in [2.45, 2.75) is 30.2 Å². The van der Waals surface area contributed by atoms with Gasteiger partial charge in [0.1, 0.15) is 0 Å². The van der Waals surface area contributed by atoms with Crippen LogP contribution in [-0.2, 0) is 6.54 Å². The molecular formula is C27H27N3S. The molecule has 2 N–H and O–H groups in total. The van der Waals surface area contributed by atoms with Crippen LogP contribution in [-0.4, -0.2) is 13.1 Å². The number of hydrogen-bond donors (Lipinski definition) is 2. The lowest BCUT2D eigenvalue weighted by atomic mass is 10.1. The fourth-order valence-electron chi connectivity index (χ4n) is 4.24. The van der Waals surface area contributed by atoms with Crippen molar-refractivity contribution in [3.05, 3.63) is 84.4 Å². The van der Waals surface area contributed by atoms with E-state index in [2.05, 4.69) is 108 Å². The van der Waals surface area contributed by atoms with Gasteiger partial charge in [0.05, 0.1) is 11.4 Å². The Morgan fingerprint density at radius 3 is 2.32 bits per heavy atom. The Morgan fingerprint density at radius 1 is 0.806 bits per heavy atom. The summed E-state index contributed by atoms with van der Waals surface area (Å²) in [5.74, 6) is 0. The van der Waals surface area contributed by atoms with E-state index >= 15 is 0 Å². The van der Waals surface area contributed by atoms with Crippen LogP contribution in [0.5, 0.6) is 0 Å². The molecular weight excluding hydrogens is 398 g/mol. The first kappa shape index (κ1) is 19.8. The molecule has 0 radical (unpaired) electrons. The van der Waals surface area contributed by atoms with Crippen LogP contribution in [0.3, 0.4) is 0 Å². The number of benzene rings is 4. The fourth-order valence-corrected chi connectivity index (χ4v) is 5.32. The third kappa shape index (κ3) is 3.84. The summed E-state index contributed by atoms with van der Waals surface area (Å²) < 4.78 is 0. The lowest BCUT2D eigenvalue weighted by Gasteiger charge is -2.27. The number of fused-ring (bicyclic) bond motifs is 4. The Balaban J connectivity index is 1.52. The summed E-state index contributed by atoms with van der Waals surface area (Å²) >= 11 is 1.86. The van der Waals surface area contributed by atoms with Gasteiger partial charge in [0, 0.05) is 51.6 Å². The Bertz CT molecular complexity index is 1220. The van der Waals surface area contributed by atoms with Gasteiger partial charge in [0.25, 0.3) is 0 Å². The molecule has 0 aliphatic carbocycles. The van der Waals surface area contributed by atoms with E-state index in [-0.39, 0.29) is 0 Å². The summed E-state index contributed by atoms with van der Waals surface area (Å²) in [5.41, 5.74) is 6.13. The topological polar surface area (TPSA) is 27.3 Å². The van der Waals surface area contributed by atoms with E-state index in [1.807, 2.05) is 11.8 Å². The predicted octanol–water partition coefficient (Wildman–Crippen LogP) is 7.51. The van der Waals surface area contributed by atoms with Crippen LogP contribution in [0.1, 0.15) is 19.4 Å². The summed E-state index contributed by atoms with van der Waals surface area (Å²) in [6, 6.07) is 28.3. The molecule has 0 fully saturated rings. The van der Waals surface area contributed by atoms with Crippen LogP contribution in [0, 0.1) is 0 Å². The van der Waals surface area contributed by atoms with E-state index in [0.717, 1.165) is 19.6 Å². The molecule has 0 aromatic heterocycles. The zero-order chi connectivity index (χ0) is 21.2. The van der Waals surface area contributed by atoms with Gasteiger partial charge in [-0.1, -0.05) is 66.4 Å². The van der Waals surface area contributed by atoms with E-state index in [1.54, 1.807) is 0 Å². The van der Waals surface area contributed by atoms with Crippen molar-refractivity contribution in [2.24, 2.45) is 0 Å². The van der Waals surface area contributed by atoms with E-state index in [9.17, 15) is 0 Å². The molecule has 4 aromatic carbocycles. The molecule has 0 amide bonds. The highest BCUT2D eigenvalue weighted by Gasteiger charge is 2.21. The minimum atomic E-state index is 0.810. The van der Waals surface area contributed by atoms with Crippen molar-refractivity contribution < 1.29 is 0 Å². The molecule has 3 nitrogen and oxygen atoms in total. The monoisotopic (exact) mass is 425 g/mol. The fraction of sp³-hybridized carbons (Fsp3) is 0.185. The van der Waals surface area contributed by atoms with Crippen LogP contribution < -0.4 is 15.5 Å². The second kappa shape index (κ2) is 8.56. The van der Waals surface area contributed by atoms with E-state index in [1.165, 1.54) is 48.9 Å². The van der Waals surface area contributed by atoms with E-state index in [4.69, 9.17) is 0 Å². The number of anilines is 4. The Hall–Kier alpha value is -3.11. The maximum absolute atomic E-state index is 3.72. The van der Waals surface area contributed by atoms with Gasteiger partial charge in [-0.05, 0) is 43.7 Å². The highest BCUT2D eigenvalue weighted by atomic mass is 32.2. The Labute approximate surface area is 188 Å². The highest BCUT2D eigenvalue weighted by molar-refractivity contribution is 7.99. The minimum absolute atomic E-state index is 0.810. The van der Waals surface area contributed by atoms with Crippen molar-refractivity contribution in [1.82, 2.24) is 0 Å². The van der Waals surface area contributed by atoms with Crippen LogP contribution in [0.2, 0.25) is 0 Å². The van der Waals surface area contributed by atoms with E-state index in [0.29, 0.717) is 0 Å². The number of nitrogens with one attached hydrogen (secondary N) is 2. The zero-order valence-electron chi connectivity index (χ0n) is 18.0. The second-order valence-electron chi connectivity index (χ2n) is 7.76. The molecule has 156 valence electrons. The quantitative estimate of drug-likeness (QED) is 0.294. The molecule has 0 unspecified atom stereocenters. The maximum atomic E-state index is 3.72. The first-order valence-electron chi connectivity index (χ1n) is 10.9. The second-order valence-corrected chi connectivity index (χ2v) is 8.85. The first-order chi connectivity index (χ1) is 15.3. The third-order valence-electron chi connectivity index (χ3n) is 5.91. The van der Waals surface area contributed by atoms with Gasteiger partial charge in [0.15, 0.2) is 0 Å². The number of nitrogens with zero attached hydrogens (tertiary/aromatic N) is 1. The van der Waals surface area contributed by atoms with Crippen molar-refractivity contribution in [3.8, 4) is 0 Å². The summed E-state index contributed by atoms with van der Waals surface area (Å²) in [6.07, 6.45) is 0. The van der Waals surface area contributed by atoms with Crippen LogP contribution in [0.4, 0.5) is 22.7 Å². The molecule has 0 saturated heterocycles. The molecule has 31 heavy (non-hydrogen) atoms.